The van der Waals surface area contributed by atoms with Gasteiger partial charge < -0.3 is 10.2 Å². The van der Waals surface area contributed by atoms with Crippen LogP contribution in [0.2, 0.25) is 0 Å². The SMILES string of the molecule is O=C1CN(c2ncnc3cnccc23)CCN1. The van der Waals surface area contributed by atoms with E-state index in [2.05, 4.69) is 20.3 Å². The van der Waals surface area contributed by atoms with Crippen LogP contribution in [0.3, 0.4) is 0 Å². The first kappa shape index (κ1) is 9.95. The zero-order valence-corrected chi connectivity index (χ0v) is 9.13. The maximum absolute atomic E-state index is 11.4. The van der Waals surface area contributed by atoms with E-state index in [0.29, 0.717) is 13.1 Å². The first-order valence-electron chi connectivity index (χ1n) is 5.41. The summed E-state index contributed by atoms with van der Waals surface area (Å²) in [5.41, 5.74) is 0.795. The van der Waals surface area contributed by atoms with Crippen LogP contribution in [0.4, 0.5) is 5.82 Å². The van der Waals surface area contributed by atoms with E-state index in [9.17, 15) is 4.79 Å². The Hall–Kier alpha value is -2.24. The summed E-state index contributed by atoms with van der Waals surface area (Å²) in [5, 5.41) is 3.72. The summed E-state index contributed by atoms with van der Waals surface area (Å²) in [6, 6.07) is 1.87. The molecule has 0 saturated carbocycles. The van der Waals surface area contributed by atoms with Crippen molar-refractivity contribution in [3.8, 4) is 0 Å². The number of hydrogen-bond donors (Lipinski definition) is 1. The van der Waals surface area contributed by atoms with Gasteiger partial charge in [-0.3, -0.25) is 9.78 Å². The number of fused-ring (bicyclic) bond motifs is 1. The van der Waals surface area contributed by atoms with E-state index in [1.54, 1.807) is 12.4 Å². The van der Waals surface area contributed by atoms with Gasteiger partial charge in [0.1, 0.15) is 12.1 Å². The highest BCUT2D eigenvalue weighted by atomic mass is 16.2. The summed E-state index contributed by atoms with van der Waals surface area (Å²) in [6.07, 6.45) is 4.91. The number of pyridine rings is 1. The molecule has 1 amide bonds. The number of hydrogen-bond acceptors (Lipinski definition) is 5. The smallest absolute Gasteiger partial charge is 0.239 e. The predicted molar refractivity (Wildman–Crippen MR) is 62.6 cm³/mol. The zero-order chi connectivity index (χ0) is 11.7. The van der Waals surface area contributed by atoms with E-state index in [0.717, 1.165) is 23.3 Å². The lowest BCUT2D eigenvalue weighted by Crippen LogP contribution is -2.48. The normalized spacial score (nSPS) is 16.0. The van der Waals surface area contributed by atoms with Gasteiger partial charge >= 0.3 is 0 Å². The lowest BCUT2D eigenvalue weighted by atomic mass is 10.2. The highest BCUT2D eigenvalue weighted by Gasteiger charge is 2.19. The number of piperazine rings is 1. The molecule has 1 fully saturated rings. The van der Waals surface area contributed by atoms with Crippen molar-refractivity contribution in [3.63, 3.8) is 0 Å². The molecule has 17 heavy (non-hydrogen) atoms. The van der Waals surface area contributed by atoms with Gasteiger partial charge in [0.2, 0.25) is 5.91 Å². The molecule has 3 heterocycles. The number of anilines is 1. The summed E-state index contributed by atoms with van der Waals surface area (Å²) < 4.78 is 0. The molecule has 0 spiro atoms. The first-order valence-corrected chi connectivity index (χ1v) is 5.41. The van der Waals surface area contributed by atoms with Crippen LogP contribution in [0.5, 0.6) is 0 Å². The van der Waals surface area contributed by atoms with Crippen LogP contribution < -0.4 is 10.2 Å². The fraction of sp³-hybridized carbons (Fsp3) is 0.273. The third kappa shape index (κ3) is 1.77. The minimum atomic E-state index is 0.0251. The van der Waals surface area contributed by atoms with Gasteiger partial charge in [-0.05, 0) is 6.07 Å². The number of carbonyl (C=O) groups excluding carboxylic acids is 1. The van der Waals surface area contributed by atoms with Crippen molar-refractivity contribution >= 4 is 22.6 Å². The van der Waals surface area contributed by atoms with Crippen LogP contribution in [0, 0.1) is 0 Å². The van der Waals surface area contributed by atoms with Crippen molar-refractivity contribution in [1.29, 1.82) is 0 Å². The molecule has 2 aromatic heterocycles. The average molecular weight is 229 g/mol. The summed E-state index contributed by atoms with van der Waals surface area (Å²) in [5.74, 6) is 0.823. The standard InChI is InChI=1S/C11H11N5O/c17-10-6-16(4-3-13-10)11-8-1-2-12-5-9(8)14-7-15-11/h1-2,5,7H,3-4,6H2,(H,13,17). The number of aromatic nitrogens is 3. The van der Waals surface area contributed by atoms with Crippen molar-refractivity contribution in [3.05, 3.63) is 24.8 Å². The minimum Gasteiger partial charge on any atom is -0.353 e. The van der Waals surface area contributed by atoms with Gasteiger partial charge in [0, 0.05) is 24.7 Å². The van der Waals surface area contributed by atoms with Crippen molar-refractivity contribution in [2.75, 3.05) is 24.5 Å². The summed E-state index contributed by atoms with van der Waals surface area (Å²) in [4.78, 5) is 25.8. The quantitative estimate of drug-likeness (QED) is 0.743. The lowest BCUT2D eigenvalue weighted by molar-refractivity contribution is -0.120. The van der Waals surface area contributed by atoms with Gasteiger partial charge in [0.25, 0.3) is 0 Å². The van der Waals surface area contributed by atoms with Crippen LogP contribution in [0.1, 0.15) is 0 Å². The largest absolute Gasteiger partial charge is 0.353 e. The highest BCUT2D eigenvalue weighted by molar-refractivity contribution is 5.91. The molecule has 2 aromatic rings. The van der Waals surface area contributed by atoms with Crippen molar-refractivity contribution in [2.24, 2.45) is 0 Å². The molecule has 6 heteroatoms. The third-order valence-corrected chi connectivity index (χ3v) is 2.76. The number of amides is 1. The summed E-state index contributed by atoms with van der Waals surface area (Å²) >= 11 is 0. The number of rotatable bonds is 1. The molecular weight excluding hydrogens is 218 g/mol. The molecule has 1 saturated heterocycles. The number of carbonyl (C=O) groups is 1. The molecule has 3 rings (SSSR count). The van der Waals surface area contributed by atoms with Crippen LogP contribution in [-0.2, 0) is 4.79 Å². The van der Waals surface area contributed by atoms with E-state index >= 15 is 0 Å². The van der Waals surface area contributed by atoms with Crippen LogP contribution >= 0.6 is 0 Å². The molecule has 0 aliphatic carbocycles. The first-order chi connectivity index (χ1) is 8.34. The topological polar surface area (TPSA) is 71.0 Å². The van der Waals surface area contributed by atoms with Gasteiger partial charge in [0.15, 0.2) is 0 Å². The number of nitrogens with zero attached hydrogens (tertiary/aromatic N) is 4. The van der Waals surface area contributed by atoms with Gasteiger partial charge in [-0.25, -0.2) is 9.97 Å². The Balaban J connectivity index is 2.07. The molecule has 0 radical (unpaired) electrons. The van der Waals surface area contributed by atoms with Crippen LogP contribution in [-0.4, -0.2) is 40.5 Å². The maximum atomic E-state index is 11.4. The molecule has 1 N–H and O–H groups in total. The highest BCUT2D eigenvalue weighted by Crippen LogP contribution is 2.21. The molecule has 6 nitrogen and oxygen atoms in total. The van der Waals surface area contributed by atoms with Gasteiger partial charge in [-0.2, -0.15) is 0 Å². The predicted octanol–water partition coefficient (Wildman–Crippen LogP) is -0.0390. The van der Waals surface area contributed by atoms with E-state index in [-0.39, 0.29) is 5.91 Å². The molecule has 0 aromatic carbocycles. The molecule has 0 bridgehead atoms. The van der Waals surface area contributed by atoms with E-state index < -0.39 is 0 Å². The fourth-order valence-electron chi connectivity index (χ4n) is 1.96. The zero-order valence-electron chi connectivity index (χ0n) is 9.13. The van der Waals surface area contributed by atoms with Crippen molar-refractivity contribution < 1.29 is 4.79 Å². The second-order valence-corrected chi connectivity index (χ2v) is 3.86. The van der Waals surface area contributed by atoms with Gasteiger partial charge in [-0.15, -0.1) is 0 Å². The molecule has 0 atom stereocenters. The lowest BCUT2D eigenvalue weighted by Gasteiger charge is -2.28. The number of nitrogens with one attached hydrogen (secondary N) is 1. The Morgan fingerprint density at radius 1 is 1.35 bits per heavy atom. The maximum Gasteiger partial charge on any atom is 0.239 e. The minimum absolute atomic E-state index is 0.0251. The monoisotopic (exact) mass is 229 g/mol. The van der Waals surface area contributed by atoms with E-state index in [4.69, 9.17) is 0 Å². The Labute approximate surface area is 97.7 Å². The second kappa shape index (κ2) is 3.97. The van der Waals surface area contributed by atoms with Crippen LogP contribution in [0.15, 0.2) is 24.8 Å². The molecule has 0 unspecified atom stereocenters. The molecule has 86 valence electrons. The van der Waals surface area contributed by atoms with E-state index in [1.165, 1.54) is 6.33 Å². The third-order valence-electron chi connectivity index (χ3n) is 2.76. The summed E-state index contributed by atoms with van der Waals surface area (Å²) in [7, 11) is 0. The molecular formula is C11H11N5O. The molecule has 1 aliphatic heterocycles. The molecule has 1 aliphatic rings. The van der Waals surface area contributed by atoms with Crippen molar-refractivity contribution in [1.82, 2.24) is 20.3 Å². The van der Waals surface area contributed by atoms with Gasteiger partial charge in [-0.1, -0.05) is 0 Å². The Morgan fingerprint density at radius 2 is 2.29 bits per heavy atom. The Kier molecular flexibility index (Phi) is 2.32. The fourth-order valence-corrected chi connectivity index (χ4v) is 1.96. The van der Waals surface area contributed by atoms with Gasteiger partial charge in [0.05, 0.1) is 18.3 Å². The second-order valence-electron chi connectivity index (χ2n) is 3.86. The average Bonchev–Trinajstić information content (AvgIpc) is 2.38. The van der Waals surface area contributed by atoms with E-state index in [1.807, 2.05) is 11.0 Å². The van der Waals surface area contributed by atoms with Crippen LogP contribution in [0.25, 0.3) is 10.9 Å². The Morgan fingerprint density at radius 3 is 3.18 bits per heavy atom. The summed E-state index contributed by atoms with van der Waals surface area (Å²) in [6.45, 7) is 1.75. The van der Waals surface area contributed by atoms with Crippen molar-refractivity contribution in [2.45, 2.75) is 0 Å². The Bertz CT molecular complexity index is 565.